The first-order chi connectivity index (χ1) is 10.1. The summed E-state index contributed by atoms with van der Waals surface area (Å²) in [5.41, 5.74) is 4.47. The fourth-order valence-electron chi connectivity index (χ4n) is 3.33. The van der Waals surface area contributed by atoms with Crippen molar-refractivity contribution in [3.63, 3.8) is 0 Å². The van der Waals surface area contributed by atoms with Crippen LogP contribution in [0.1, 0.15) is 65.2 Å². The van der Waals surface area contributed by atoms with Crippen molar-refractivity contribution in [3.05, 3.63) is 40.6 Å². The van der Waals surface area contributed by atoms with E-state index < -0.39 is 5.97 Å². The summed E-state index contributed by atoms with van der Waals surface area (Å²) in [6.45, 7) is 4.07. The van der Waals surface area contributed by atoms with Crippen molar-refractivity contribution in [2.45, 2.75) is 51.9 Å². The van der Waals surface area contributed by atoms with Crippen molar-refractivity contribution in [1.29, 1.82) is 0 Å². The third-order valence-electron chi connectivity index (χ3n) is 4.78. The number of pyridine rings is 1. The lowest BCUT2D eigenvalue weighted by molar-refractivity contribution is 0.0698. The van der Waals surface area contributed by atoms with E-state index in [4.69, 9.17) is 4.98 Å². The third-order valence-corrected chi connectivity index (χ3v) is 4.78. The molecule has 1 aliphatic carbocycles. The number of aryl methyl sites for hydroxylation is 2. The standard InChI is InChI=1S/C18H21NO2/c1-11-8-9-14-15(18(20)21)10-16(19-17(14)12(11)2)13-6-4-3-5-7-13/h8-10,13H,3-7H2,1-2H3,(H,20,21). The normalized spacial score (nSPS) is 16.3. The van der Waals surface area contributed by atoms with Crippen molar-refractivity contribution in [3.8, 4) is 0 Å². The third kappa shape index (κ3) is 2.53. The second-order valence-electron chi connectivity index (χ2n) is 6.14. The van der Waals surface area contributed by atoms with E-state index in [1.807, 2.05) is 26.0 Å². The van der Waals surface area contributed by atoms with E-state index in [1.165, 1.54) is 19.3 Å². The maximum atomic E-state index is 11.6. The van der Waals surface area contributed by atoms with Gasteiger partial charge in [-0.3, -0.25) is 4.98 Å². The molecule has 0 unspecified atom stereocenters. The molecule has 3 rings (SSSR count). The van der Waals surface area contributed by atoms with Crippen LogP contribution in [0.2, 0.25) is 0 Å². The molecule has 2 aromatic rings. The van der Waals surface area contributed by atoms with Crippen molar-refractivity contribution in [1.82, 2.24) is 4.98 Å². The van der Waals surface area contributed by atoms with Crippen LogP contribution in [0, 0.1) is 13.8 Å². The molecule has 0 amide bonds. The fraction of sp³-hybridized carbons (Fsp3) is 0.444. The highest BCUT2D eigenvalue weighted by atomic mass is 16.4. The summed E-state index contributed by atoms with van der Waals surface area (Å²) in [6.07, 6.45) is 5.98. The lowest BCUT2D eigenvalue weighted by atomic mass is 9.85. The van der Waals surface area contributed by atoms with Crippen LogP contribution < -0.4 is 0 Å². The molecule has 1 saturated carbocycles. The number of carboxylic acids is 1. The molecule has 3 heteroatoms. The smallest absolute Gasteiger partial charge is 0.336 e. The van der Waals surface area contributed by atoms with E-state index in [-0.39, 0.29) is 0 Å². The van der Waals surface area contributed by atoms with Crippen LogP contribution in [0.25, 0.3) is 10.9 Å². The first-order valence-corrected chi connectivity index (χ1v) is 7.72. The number of carbonyl (C=O) groups is 1. The van der Waals surface area contributed by atoms with Crippen LogP contribution >= 0.6 is 0 Å². The minimum atomic E-state index is -0.859. The SMILES string of the molecule is Cc1ccc2c(C(=O)O)cc(C3CCCCC3)nc2c1C. The number of aromatic carboxylic acids is 1. The molecule has 1 fully saturated rings. The Morgan fingerprint density at radius 2 is 1.90 bits per heavy atom. The number of hydrogen-bond acceptors (Lipinski definition) is 2. The minimum absolute atomic E-state index is 0.392. The highest BCUT2D eigenvalue weighted by molar-refractivity contribution is 6.03. The van der Waals surface area contributed by atoms with Gasteiger partial charge in [-0.1, -0.05) is 31.4 Å². The Kier molecular flexibility index (Phi) is 3.66. The maximum absolute atomic E-state index is 11.6. The average molecular weight is 283 g/mol. The Morgan fingerprint density at radius 1 is 1.19 bits per heavy atom. The summed E-state index contributed by atoms with van der Waals surface area (Å²) < 4.78 is 0. The topological polar surface area (TPSA) is 50.2 Å². The van der Waals surface area contributed by atoms with Gasteiger partial charge in [-0.05, 0) is 43.9 Å². The molecule has 0 saturated heterocycles. The van der Waals surface area contributed by atoms with E-state index in [9.17, 15) is 9.90 Å². The number of rotatable bonds is 2. The number of carboxylic acid groups (broad SMARTS) is 1. The van der Waals surface area contributed by atoms with Crippen molar-refractivity contribution < 1.29 is 9.90 Å². The summed E-state index contributed by atoms with van der Waals surface area (Å²) in [5.74, 6) is -0.441. The van der Waals surface area contributed by atoms with Gasteiger partial charge in [0.05, 0.1) is 11.1 Å². The Morgan fingerprint density at radius 3 is 2.57 bits per heavy atom. The van der Waals surface area contributed by atoms with Gasteiger partial charge in [-0.15, -0.1) is 0 Å². The molecule has 0 spiro atoms. The van der Waals surface area contributed by atoms with Crippen LogP contribution in [0.3, 0.4) is 0 Å². The van der Waals surface area contributed by atoms with Gasteiger partial charge in [-0.25, -0.2) is 4.79 Å². The summed E-state index contributed by atoms with van der Waals surface area (Å²) in [5, 5.41) is 10.3. The number of hydrogen-bond donors (Lipinski definition) is 1. The lowest BCUT2D eigenvalue weighted by Gasteiger charge is -2.22. The molecule has 1 aromatic heterocycles. The van der Waals surface area contributed by atoms with Gasteiger partial charge in [0, 0.05) is 17.0 Å². The van der Waals surface area contributed by atoms with Gasteiger partial charge in [0.1, 0.15) is 0 Å². The number of aromatic nitrogens is 1. The molecule has 110 valence electrons. The largest absolute Gasteiger partial charge is 0.478 e. The first-order valence-electron chi connectivity index (χ1n) is 7.72. The zero-order chi connectivity index (χ0) is 15.0. The van der Waals surface area contributed by atoms with Gasteiger partial charge >= 0.3 is 5.97 Å². The molecule has 3 nitrogen and oxygen atoms in total. The number of fused-ring (bicyclic) bond motifs is 1. The predicted octanol–water partition coefficient (Wildman–Crippen LogP) is 4.60. The van der Waals surface area contributed by atoms with Crippen molar-refractivity contribution >= 4 is 16.9 Å². The van der Waals surface area contributed by atoms with E-state index >= 15 is 0 Å². The van der Waals surface area contributed by atoms with Crippen LogP contribution in [0.5, 0.6) is 0 Å². The molecule has 21 heavy (non-hydrogen) atoms. The Labute approximate surface area is 125 Å². The molecular weight excluding hydrogens is 262 g/mol. The lowest BCUT2D eigenvalue weighted by Crippen LogP contribution is -2.10. The Bertz CT molecular complexity index is 700. The maximum Gasteiger partial charge on any atom is 0.336 e. The number of nitrogens with zero attached hydrogens (tertiary/aromatic N) is 1. The first kappa shape index (κ1) is 14.1. The van der Waals surface area contributed by atoms with Gasteiger partial charge < -0.3 is 5.11 Å². The highest BCUT2D eigenvalue weighted by Gasteiger charge is 2.21. The van der Waals surface area contributed by atoms with Crippen molar-refractivity contribution in [2.24, 2.45) is 0 Å². The van der Waals surface area contributed by atoms with E-state index in [1.54, 1.807) is 6.07 Å². The monoisotopic (exact) mass is 283 g/mol. The molecule has 0 aliphatic heterocycles. The molecule has 0 bridgehead atoms. The van der Waals surface area contributed by atoms with Crippen LogP contribution in [-0.4, -0.2) is 16.1 Å². The molecule has 1 aromatic carbocycles. The van der Waals surface area contributed by atoms with Gasteiger partial charge in [-0.2, -0.15) is 0 Å². The quantitative estimate of drug-likeness (QED) is 0.876. The second kappa shape index (κ2) is 5.47. The molecule has 1 heterocycles. The summed E-state index contributed by atoms with van der Waals surface area (Å²) in [6, 6.07) is 5.67. The summed E-state index contributed by atoms with van der Waals surface area (Å²) in [4.78, 5) is 16.5. The highest BCUT2D eigenvalue weighted by Crippen LogP contribution is 2.34. The minimum Gasteiger partial charge on any atom is -0.478 e. The number of benzene rings is 1. The molecule has 0 atom stereocenters. The molecule has 1 N–H and O–H groups in total. The Hall–Kier alpha value is -1.90. The van der Waals surface area contributed by atoms with E-state index in [0.29, 0.717) is 11.5 Å². The van der Waals surface area contributed by atoms with Gasteiger partial charge in [0.15, 0.2) is 0 Å². The van der Waals surface area contributed by atoms with Crippen LogP contribution in [0.4, 0.5) is 0 Å². The zero-order valence-electron chi connectivity index (χ0n) is 12.6. The van der Waals surface area contributed by atoms with Gasteiger partial charge in [0.25, 0.3) is 0 Å². The van der Waals surface area contributed by atoms with Crippen molar-refractivity contribution in [2.75, 3.05) is 0 Å². The van der Waals surface area contributed by atoms with Crippen LogP contribution in [0.15, 0.2) is 18.2 Å². The Balaban J connectivity index is 2.22. The van der Waals surface area contributed by atoms with E-state index in [0.717, 1.165) is 40.6 Å². The molecule has 0 radical (unpaired) electrons. The zero-order valence-corrected chi connectivity index (χ0v) is 12.6. The predicted molar refractivity (Wildman–Crippen MR) is 84.0 cm³/mol. The average Bonchev–Trinajstić information content (AvgIpc) is 2.51. The second-order valence-corrected chi connectivity index (χ2v) is 6.14. The van der Waals surface area contributed by atoms with Gasteiger partial charge in [0.2, 0.25) is 0 Å². The van der Waals surface area contributed by atoms with Crippen LogP contribution in [-0.2, 0) is 0 Å². The summed E-state index contributed by atoms with van der Waals surface area (Å²) in [7, 11) is 0. The molecular formula is C18H21NO2. The fourth-order valence-corrected chi connectivity index (χ4v) is 3.33. The van der Waals surface area contributed by atoms with E-state index in [2.05, 4.69) is 0 Å². The molecule has 1 aliphatic rings. The summed E-state index contributed by atoms with van der Waals surface area (Å²) >= 11 is 0.